The van der Waals surface area contributed by atoms with Crippen molar-refractivity contribution in [3.05, 3.63) is 65.2 Å². The maximum Gasteiger partial charge on any atom is 0.119 e. The van der Waals surface area contributed by atoms with Crippen molar-refractivity contribution in [1.29, 1.82) is 0 Å². The minimum absolute atomic E-state index is 0.228. The standard InChI is InChI=1S/C14H13ClO2/c15-12-8-6-11(7-9-12)14(16)10-17-13-4-2-1-3-5-13/h1-9,14,16H,10H2. The third-order valence-corrected chi connectivity index (χ3v) is 2.66. The lowest BCUT2D eigenvalue weighted by molar-refractivity contribution is 0.108. The van der Waals surface area contributed by atoms with Crippen molar-refractivity contribution >= 4 is 11.6 Å². The lowest BCUT2D eigenvalue weighted by Gasteiger charge is -2.12. The van der Waals surface area contributed by atoms with Gasteiger partial charge in [0.05, 0.1) is 0 Å². The molecule has 1 atom stereocenters. The van der Waals surface area contributed by atoms with Crippen LogP contribution in [0.15, 0.2) is 54.6 Å². The van der Waals surface area contributed by atoms with Crippen molar-refractivity contribution in [2.45, 2.75) is 6.10 Å². The van der Waals surface area contributed by atoms with Gasteiger partial charge in [0.2, 0.25) is 0 Å². The van der Waals surface area contributed by atoms with Crippen molar-refractivity contribution in [3.8, 4) is 5.75 Å². The lowest BCUT2D eigenvalue weighted by Crippen LogP contribution is -2.09. The van der Waals surface area contributed by atoms with Crippen molar-refractivity contribution in [3.63, 3.8) is 0 Å². The predicted molar refractivity (Wildman–Crippen MR) is 68.3 cm³/mol. The van der Waals surface area contributed by atoms with Gasteiger partial charge >= 0.3 is 0 Å². The minimum atomic E-state index is -0.646. The SMILES string of the molecule is OC(COc1ccccc1)c1ccc(Cl)cc1. The maximum atomic E-state index is 9.90. The van der Waals surface area contributed by atoms with E-state index in [2.05, 4.69) is 0 Å². The van der Waals surface area contributed by atoms with Crippen LogP contribution in [0.2, 0.25) is 5.02 Å². The Morgan fingerprint density at radius 1 is 1.00 bits per heavy atom. The average Bonchev–Trinajstić information content (AvgIpc) is 2.38. The Balaban J connectivity index is 1.93. The fourth-order valence-electron chi connectivity index (χ4n) is 1.47. The molecule has 3 heteroatoms. The smallest absolute Gasteiger partial charge is 0.119 e. The van der Waals surface area contributed by atoms with Crippen LogP contribution in [0.1, 0.15) is 11.7 Å². The second-order valence-corrected chi connectivity index (χ2v) is 4.13. The molecule has 0 heterocycles. The molecule has 0 aliphatic carbocycles. The van der Waals surface area contributed by atoms with E-state index in [0.29, 0.717) is 5.02 Å². The molecule has 0 saturated heterocycles. The quantitative estimate of drug-likeness (QED) is 0.898. The van der Waals surface area contributed by atoms with Gasteiger partial charge in [0.15, 0.2) is 0 Å². The lowest BCUT2D eigenvalue weighted by atomic mass is 10.1. The van der Waals surface area contributed by atoms with E-state index in [4.69, 9.17) is 16.3 Å². The highest BCUT2D eigenvalue weighted by molar-refractivity contribution is 6.30. The monoisotopic (exact) mass is 248 g/mol. The molecule has 0 aliphatic rings. The summed E-state index contributed by atoms with van der Waals surface area (Å²) in [7, 11) is 0. The molecule has 0 amide bonds. The van der Waals surface area contributed by atoms with Crippen LogP contribution in [0, 0.1) is 0 Å². The summed E-state index contributed by atoms with van der Waals surface area (Å²) in [6, 6.07) is 16.5. The van der Waals surface area contributed by atoms with Crippen LogP contribution in [0.4, 0.5) is 0 Å². The Bertz CT molecular complexity index is 453. The molecule has 2 nitrogen and oxygen atoms in total. The summed E-state index contributed by atoms with van der Waals surface area (Å²) in [5, 5.41) is 10.6. The van der Waals surface area contributed by atoms with E-state index < -0.39 is 6.10 Å². The van der Waals surface area contributed by atoms with Gasteiger partial charge in [-0.3, -0.25) is 0 Å². The van der Waals surface area contributed by atoms with Crippen LogP contribution in [-0.2, 0) is 0 Å². The minimum Gasteiger partial charge on any atom is -0.491 e. The van der Waals surface area contributed by atoms with Gasteiger partial charge < -0.3 is 9.84 Å². The van der Waals surface area contributed by atoms with Gasteiger partial charge in [-0.15, -0.1) is 0 Å². The third-order valence-electron chi connectivity index (χ3n) is 2.41. The van der Waals surface area contributed by atoms with Crippen LogP contribution in [0.5, 0.6) is 5.75 Å². The van der Waals surface area contributed by atoms with E-state index in [1.165, 1.54) is 0 Å². The molecule has 0 bridgehead atoms. The van der Waals surface area contributed by atoms with Crippen LogP contribution < -0.4 is 4.74 Å². The number of halogens is 1. The normalized spacial score (nSPS) is 12.1. The number of para-hydroxylation sites is 1. The predicted octanol–water partition coefficient (Wildman–Crippen LogP) is 3.45. The molecule has 0 aliphatic heterocycles. The largest absolute Gasteiger partial charge is 0.491 e. The Labute approximate surface area is 105 Å². The zero-order chi connectivity index (χ0) is 12.1. The van der Waals surface area contributed by atoms with Gasteiger partial charge in [-0.2, -0.15) is 0 Å². The first-order valence-electron chi connectivity index (χ1n) is 5.37. The second-order valence-electron chi connectivity index (χ2n) is 3.69. The Hall–Kier alpha value is -1.51. The van der Waals surface area contributed by atoms with Gasteiger partial charge in [-0.05, 0) is 29.8 Å². The molecule has 2 aromatic rings. The van der Waals surface area contributed by atoms with E-state index in [0.717, 1.165) is 11.3 Å². The summed E-state index contributed by atoms with van der Waals surface area (Å²) in [5.41, 5.74) is 0.797. The molecular formula is C14H13ClO2. The Morgan fingerprint density at radius 2 is 1.65 bits per heavy atom. The number of rotatable bonds is 4. The van der Waals surface area contributed by atoms with Gasteiger partial charge in [0.1, 0.15) is 18.5 Å². The number of hydrogen-bond donors (Lipinski definition) is 1. The summed E-state index contributed by atoms with van der Waals surface area (Å²) >= 11 is 5.78. The summed E-state index contributed by atoms with van der Waals surface area (Å²) in [6.07, 6.45) is -0.646. The highest BCUT2D eigenvalue weighted by Gasteiger charge is 2.07. The summed E-state index contributed by atoms with van der Waals surface area (Å²) in [5.74, 6) is 0.750. The number of ether oxygens (including phenoxy) is 1. The number of aliphatic hydroxyl groups excluding tert-OH is 1. The number of hydrogen-bond acceptors (Lipinski definition) is 2. The molecule has 2 rings (SSSR count). The fourth-order valence-corrected chi connectivity index (χ4v) is 1.60. The van der Waals surface area contributed by atoms with Gasteiger partial charge in [0, 0.05) is 5.02 Å². The molecule has 0 fully saturated rings. The van der Waals surface area contributed by atoms with E-state index in [9.17, 15) is 5.11 Å². The first-order valence-corrected chi connectivity index (χ1v) is 5.75. The summed E-state index contributed by atoms with van der Waals surface area (Å²) in [6.45, 7) is 0.228. The Kier molecular flexibility index (Phi) is 4.02. The van der Waals surface area contributed by atoms with E-state index in [-0.39, 0.29) is 6.61 Å². The molecule has 1 unspecified atom stereocenters. The third kappa shape index (κ3) is 3.48. The van der Waals surface area contributed by atoms with Crippen LogP contribution in [0.3, 0.4) is 0 Å². The molecule has 1 N–H and O–H groups in total. The van der Waals surface area contributed by atoms with Crippen LogP contribution in [-0.4, -0.2) is 11.7 Å². The molecule has 17 heavy (non-hydrogen) atoms. The van der Waals surface area contributed by atoms with E-state index in [1.54, 1.807) is 24.3 Å². The zero-order valence-corrected chi connectivity index (χ0v) is 9.97. The first-order chi connectivity index (χ1) is 8.25. The maximum absolute atomic E-state index is 9.90. The Morgan fingerprint density at radius 3 is 2.29 bits per heavy atom. The van der Waals surface area contributed by atoms with Crippen molar-refractivity contribution in [2.75, 3.05) is 6.61 Å². The van der Waals surface area contributed by atoms with Crippen molar-refractivity contribution in [1.82, 2.24) is 0 Å². The first kappa shape index (κ1) is 12.0. The van der Waals surface area contributed by atoms with Crippen molar-refractivity contribution in [2.24, 2.45) is 0 Å². The topological polar surface area (TPSA) is 29.5 Å². The molecule has 88 valence electrons. The zero-order valence-electron chi connectivity index (χ0n) is 9.21. The fraction of sp³-hybridized carbons (Fsp3) is 0.143. The highest BCUT2D eigenvalue weighted by atomic mass is 35.5. The van der Waals surface area contributed by atoms with Gasteiger partial charge in [0.25, 0.3) is 0 Å². The summed E-state index contributed by atoms with van der Waals surface area (Å²) in [4.78, 5) is 0. The summed E-state index contributed by atoms with van der Waals surface area (Å²) < 4.78 is 5.47. The van der Waals surface area contributed by atoms with Gasteiger partial charge in [-0.25, -0.2) is 0 Å². The molecule has 0 radical (unpaired) electrons. The van der Waals surface area contributed by atoms with E-state index in [1.807, 2.05) is 30.3 Å². The molecule has 0 saturated carbocycles. The number of aliphatic hydroxyl groups is 1. The van der Waals surface area contributed by atoms with Crippen molar-refractivity contribution < 1.29 is 9.84 Å². The van der Waals surface area contributed by atoms with Gasteiger partial charge in [-0.1, -0.05) is 41.9 Å². The second kappa shape index (κ2) is 5.71. The number of benzene rings is 2. The molecule has 0 aromatic heterocycles. The van der Waals surface area contributed by atoms with Crippen LogP contribution in [0.25, 0.3) is 0 Å². The average molecular weight is 249 g/mol. The molecular weight excluding hydrogens is 236 g/mol. The highest BCUT2D eigenvalue weighted by Crippen LogP contribution is 2.18. The molecule has 0 spiro atoms. The molecule has 2 aromatic carbocycles. The van der Waals surface area contributed by atoms with Crippen LogP contribution >= 0.6 is 11.6 Å². The van der Waals surface area contributed by atoms with E-state index >= 15 is 0 Å².